The third-order valence-corrected chi connectivity index (χ3v) is 1.95. The van der Waals surface area contributed by atoms with Crippen LogP contribution in [0.15, 0.2) is 30.9 Å². The van der Waals surface area contributed by atoms with E-state index in [2.05, 4.69) is 6.58 Å². The summed E-state index contributed by atoms with van der Waals surface area (Å²) in [6.45, 7) is 3.52. The Bertz CT molecular complexity index is 374. The molecule has 0 bridgehead atoms. The summed E-state index contributed by atoms with van der Waals surface area (Å²) in [7, 11) is 0. The zero-order valence-electron chi connectivity index (χ0n) is 7.60. The largest absolute Gasteiger partial charge is 0.478 e. The first-order chi connectivity index (χ1) is 6.56. The van der Waals surface area contributed by atoms with Crippen LogP contribution in [0.3, 0.4) is 0 Å². The molecule has 0 fully saturated rings. The second-order valence-corrected chi connectivity index (χ2v) is 2.91. The number of nitrogen functional groups attached to an aromatic ring is 1. The lowest BCUT2D eigenvalue weighted by molar-refractivity contribution is 0.0697. The molecule has 1 rings (SSSR count). The number of aromatic carboxylic acids is 1. The Labute approximate surface area is 81.8 Å². The number of benzene rings is 1. The molecule has 14 heavy (non-hydrogen) atoms. The van der Waals surface area contributed by atoms with Crippen molar-refractivity contribution >= 4 is 11.7 Å². The molecule has 0 radical (unpaired) electrons. The Kier molecular flexibility index (Phi) is 2.89. The fraction of sp³-hybridized carbons (Fsp3) is 0.100. The molecule has 4 heteroatoms. The predicted octanol–water partition coefficient (Wildman–Crippen LogP) is 1.15. The zero-order chi connectivity index (χ0) is 10.7. The Morgan fingerprint density at radius 3 is 2.71 bits per heavy atom. The number of carboxylic acid groups (broad SMARTS) is 1. The highest BCUT2D eigenvalue weighted by Gasteiger charge is 2.10. The molecule has 0 saturated carbocycles. The minimum atomic E-state index is -0.998. The van der Waals surface area contributed by atoms with Crippen LogP contribution in [0.25, 0.3) is 0 Å². The van der Waals surface area contributed by atoms with Gasteiger partial charge in [0.15, 0.2) is 0 Å². The van der Waals surface area contributed by atoms with Gasteiger partial charge in [-0.1, -0.05) is 6.08 Å². The van der Waals surface area contributed by atoms with Gasteiger partial charge in [0.1, 0.15) is 0 Å². The van der Waals surface area contributed by atoms with Crippen molar-refractivity contribution in [3.8, 4) is 0 Å². The third-order valence-electron chi connectivity index (χ3n) is 1.95. The number of rotatable bonds is 3. The molecule has 0 aliphatic heterocycles. The lowest BCUT2D eigenvalue weighted by atomic mass is 10.0. The Morgan fingerprint density at radius 2 is 2.21 bits per heavy atom. The average Bonchev–Trinajstić information content (AvgIpc) is 2.17. The lowest BCUT2D eigenvalue weighted by Gasteiger charge is -2.10. The maximum atomic E-state index is 10.7. The molecule has 0 saturated heterocycles. The van der Waals surface area contributed by atoms with E-state index in [9.17, 15) is 4.79 Å². The fourth-order valence-corrected chi connectivity index (χ4v) is 1.12. The summed E-state index contributed by atoms with van der Waals surface area (Å²) < 4.78 is 0. The lowest BCUT2D eigenvalue weighted by Crippen LogP contribution is -2.11. The highest BCUT2D eigenvalue weighted by molar-refractivity contribution is 5.88. The Balaban J connectivity index is 3.20. The summed E-state index contributed by atoms with van der Waals surface area (Å²) in [5.41, 5.74) is 12.5. The van der Waals surface area contributed by atoms with Gasteiger partial charge >= 0.3 is 5.97 Å². The zero-order valence-corrected chi connectivity index (χ0v) is 7.60. The Hall–Kier alpha value is -1.81. The van der Waals surface area contributed by atoms with Crippen LogP contribution in [-0.2, 0) is 0 Å². The van der Waals surface area contributed by atoms with Crippen LogP contribution in [0.4, 0.5) is 5.69 Å². The van der Waals surface area contributed by atoms with Crippen LogP contribution in [0.5, 0.6) is 0 Å². The molecule has 1 aromatic carbocycles. The summed E-state index contributed by atoms with van der Waals surface area (Å²) >= 11 is 0. The molecule has 0 aliphatic carbocycles. The molecule has 0 aromatic heterocycles. The molecule has 0 aliphatic rings. The molecule has 0 spiro atoms. The molecular weight excluding hydrogens is 180 g/mol. The number of anilines is 1. The van der Waals surface area contributed by atoms with Gasteiger partial charge in [0.2, 0.25) is 0 Å². The van der Waals surface area contributed by atoms with Gasteiger partial charge in [-0.25, -0.2) is 4.79 Å². The SMILES string of the molecule is C=C[C@H](N)c1cc(C(=O)O)ccc1N. The van der Waals surface area contributed by atoms with Crippen LogP contribution < -0.4 is 11.5 Å². The minimum absolute atomic E-state index is 0.173. The van der Waals surface area contributed by atoms with E-state index in [1.807, 2.05) is 0 Å². The number of hydrogen-bond acceptors (Lipinski definition) is 3. The summed E-state index contributed by atoms with van der Waals surface area (Å²) in [6, 6.07) is 4.00. The Morgan fingerprint density at radius 1 is 1.57 bits per heavy atom. The second kappa shape index (κ2) is 3.93. The van der Waals surface area contributed by atoms with Crippen LogP contribution in [-0.4, -0.2) is 11.1 Å². The molecule has 1 atom stereocenters. The van der Waals surface area contributed by atoms with Crippen LogP contribution >= 0.6 is 0 Å². The van der Waals surface area contributed by atoms with E-state index >= 15 is 0 Å². The van der Waals surface area contributed by atoms with Crippen LogP contribution in [0.2, 0.25) is 0 Å². The highest BCUT2D eigenvalue weighted by atomic mass is 16.4. The van der Waals surface area contributed by atoms with E-state index in [0.29, 0.717) is 11.3 Å². The minimum Gasteiger partial charge on any atom is -0.478 e. The van der Waals surface area contributed by atoms with Gasteiger partial charge in [-0.05, 0) is 23.8 Å². The van der Waals surface area contributed by atoms with Crippen molar-refractivity contribution in [1.29, 1.82) is 0 Å². The summed E-state index contributed by atoms with van der Waals surface area (Å²) in [5.74, 6) is -0.998. The van der Waals surface area contributed by atoms with Crippen molar-refractivity contribution in [1.82, 2.24) is 0 Å². The van der Waals surface area contributed by atoms with E-state index in [1.165, 1.54) is 24.3 Å². The number of carbonyl (C=O) groups is 1. The van der Waals surface area contributed by atoms with Crippen molar-refractivity contribution < 1.29 is 9.90 Å². The first kappa shape index (κ1) is 10.3. The first-order valence-corrected chi connectivity index (χ1v) is 4.07. The van der Waals surface area contributed by atoms with E-state index in [4.69, 9.17) is 16.6 Å². The van der Waals surface area contributed by atoms with Gasteiger partial charge in [-0.15, -0.1) is 6.58 Å². The van der Waals surface area contributed by atoms with Crippen LogP contribution in [0.1, 0.15) is 22.0 Å². The molecule has 0 unspecified atom stereocenters. The van der Waals surface area contributed by atoms with E-state index < -0.39 is 12.0 Å². The van der Waals surface area contributed by atoms with E-state index in [-0.39, 0.29) is 5.56 Å². The number of carboxylic acids is 1. The van der Waals surface area contributed by atoms with Gasteiger partial charge in [0.05, 0.1) is 5.56 Å². The second-order valence-electron chi connectivity index (χ2n) is 2.91. The summed E-state index contributed by atoms with van der Waals surface area (Å²) in [5, 5.41) is 8.75. The van der Waals surface area contributed by atoms with Crippen molar-refractivity contribution in [2.45, 2.75) is 6.04 Å². The fourth-order valence-electron chi connectivity index (χ4n) is 1.12. The molecular formula is C10H12N2O2. The number of hydrogen-bond donors (Lipinski definition) is 3. The van der Waals surface area contributed by atoms with Crippen molar-refractivity contribution in [3.63, 3.8) is 0 Å². The maximum Gasteiger partial charge on any atom is 0.335 e. The third kappa shape index (κ3) is 1.92. The maximum absolute atomic E-state index is 10.7. The van der Waals surface area contributed by atoms with Gasteiger partial charge < -0.3 is 16.6 Å². The van der Waals surface area contributed by atoms with Gasteiger partial charge in [0, 0.05) is 11.7 Å². The van der Waals surface area contributed by atoms with E-state index in [0.717, 1.165) is 0 Å². The van der Waals surface area contributed by atoms with Crippen molar-refractivity contribution in [2.75, 3.05) is 5.73 Å². The predicted molar refractivity (Wildman–Crippen MR) is 54.9 cm³/mol. The molecule has 5 N–H and O–H groups in total. The van der Waals surface area contributed by atoms with Crippen molar-refractivity contribution in [2.24, 2.45) is 5.73 Å². The molecule has 1 aromatic rings. The number of nitrogens with two attached hydrogens (primary N) is 2. The summed E-state index contributed by atoms with van der Waals surface area (Å²) in [4.78, 5) is 10.7. The smallest absolute Gasteiger partial charge is 0.335 e. The monoisotopic (exact) mass is 192 g/mol. The average molecular weight is 192 g/mol. The molecule has 0 heterocycles. The molecule has 74 valence electrons. The van der Waals surface area contributed by atoms with Gasteiger partial charge in [-0.3, -0.25) is 0 Å². The van der Waals surface area contributed by atoms with E-state index in [1.54, 1.807) is 0 Å². The van der Waals surface area contributed by atoms with Crippen LogP contribution in [0, 0.1) is 0 Å². The van der Waals surface area contributed by atoms with Gasteiger partial charge in [-0.2, -0.15) is 0 Å². The quantitative estimate of drug-likeness (QED) is 0.495. The summed E-state index contributed by atoms with van der Waals surface area (Å²) in [6.07, 6.45) is 1.51. The standard InChI is InChI=1S/C10H12N2O2/c1-2-8(11)7-5-6(10(13)14)3-4-9(7)12/h2-5,8H,1,11-12H2,(H,13,14)/t8-/m0/s1. The van der Waals surface area contributed by atoms with Crippen molar-refractivity contribution in [3.05, 3.63) is 42.0 Å². The first-order valence-electron chi connectivity index (χ1n) is 4.07. The normalized spacial score (nSPS) is 12.1. The van der Waals surface area contributed by atoms with Gasteiger partial charge in [0.25, 0.3) is 0 Å². The molecule has 4 nitrogen and oxygen atoms in total. The topological polar surface area (TPSA) is 89.3 Å². The molecule has 0 amide bonds. The highest BCUT2D eigenvalue weighted by Crippen LogP contribution is 2.20.